The summed E-state index contributed by atoms with van der Waals surface area (Å²) in [5.74, 6) is -0.0228. The lowest BCUT2D eigenvalue weighted by Gasteiger charge is -2.48. The minimum absolute atomic E-state index is 0.0156. The summed E-state index contributed by atoms with van der Waals surface area (Å²) in [6.07, 6.45) is 2.22. The third-order valence-electron chi connectivity index (χ3n) is 7.98. The predicted molar refractivity (Wildman–Crippen MR) is 149 cm³/mol. The number of benzene rings is 2. The highest BCUT2D eigenvalue weighted by Gasteiger charge is 2.48. The molecule has 2 aromatic carbocycles. The van der Waals surface area contributed by atoms with Crippen molar-refractivity contribution in [2.24, 2.45) is 10.8 Å². The summed E-state index contributed by atoms with van der Waals surface area (Å²) in [6.45, 7) is 8.49. The SMILES string of the molecule is CN1C2=C(C(=O)CC(C)(C)C2)C(c2cc(Cl)ccc2OCc2cccc([N+](=O)[O-])c2)C2=C1CC(C)(C)CC2=O. The number of Topliss-reactive ketones (excluding diaryl/α,β-unsaturated/α-hetero) is 2. The van der Waals surface area contributed by atoms with Gasteiger partial charge < -0.3 is 9.64 Å². The van der Waals surface area contributed by atoms with Gasteiger partial charge in [0.15, 0.2) is 11.6 Å². The highest BCUT2D eigenvalue weighted by molar-refractivity contribution is 6.30. The molecule has 1 heterocycles. The van der Waals surface area contributed by atoms with E-state index in [1.165, 1.54) is 12.1 Å². The lowest BCUT2D eigenvalue weighted by atomic mass is 9.63. The summed E-state index contributed by atoms with van der Waals surface area (Å²) in [7, 11) is 1.97. The first-order valence-electron chi connectivity index (χ1n) is 13.2. The summed E-state index contributed by atoms with van der Waals surface area (Å²) in [6, 6.07) is 11.5. The van der Waals surface area contributed by atoms with Gasteiger partial charge in [0.1, 0.15) is 12.4 Å². The van der Waals surface area contributed by atoms with Crippen LogP contribution in [0, 0.1) is 20.9 Å². The molecule has 0 unspecified atom stereocenters. The van der Waals surface area contributed by atoms with Crippen LogP contribution in [0.2, 0.25) is 5.02 Å². The standard InChI is InChI=1S/C31H33ClN2O5/c1-30(2)13-22-28(24(35)15-30)27(29-23(33(22)5)14-31(3,4)16-25(29)36)21-12-19(32)9-10-26(21)39-17-18-7-6-8-20(11-18)34(37)38/h6-12,27H,13-17H2,1-5H3. The molecule has 1 aliphatic heterocycles. The van der Waals surface area contributed by atoms with Crippen molar-refractivity contribution < 1.29 is 19.2 Å². The number of nitro groups is 1. The zero-order valence-electron chi connectivity index (χ0n) is 23.0. The second-order valence-electron chi connectivity index (χ2n) is 12.5. The maximum Gasteiger partial charge on any atom is 0.269 e. The van der Waals surface area contributed by atoms with Crippen molar-refractivity contribution in [3.05, 3.63) is 91.3 Å². The Labute approximate surface area is 233 Å². The van der Waals surface area contributed by atoms with E-state index in [4.69, 9.17) is 16.3 Å². The first kappa shape index (κ1) is 27.1. The molecule has 0 aromatic heterocycles. The number of halogens is 1. The molecular weight excluding hydrogens is 516 g/mol. The van der Waals surface area contributed by atoms with Gasteiger partial charge in [0.25, 0.3) is 5.69 Å². The molecule has 204 valence electrons. The molecule has 0 atom stereocenters. The van der Waals surface area contributed by atoms with Crippen LogP contribution in [0.1, 0.15) is 70.4 Å². The van der Waals surface area contributed by atoms with Gasteiger partial charge in [-0.3, -0.25) is 19.7 Å². The van der Waals surface area contributed by atoms with Crippen molar-refractivity contribution in [1.82, 2.24) is 4.90 Å². The first-order chi connectivity index (χ1) is 18.3. The molecule has 0 spiro atoms. The topological polar surface area (TPSA) is 89.8 Å². The number of non-ortho nitro benzene ring substituents is 1. The van der Waals surface area contributed by atoms with Gasteiger partial charge >= 0.3 is 0 Å². The van der Waals surface area contributed by atoms with Crippen LogP contribution in [0.25, 0.3) is 0 Å². The molecule has 3 aliphatic rings. The Morgan fingerprint density at radius 1 is 0.949 bits per heavy atom. The van der Waals surface area contributed by atoms with Crippen molar-refractivity contribution in [2.45, 2.75) is 65.9 Å². The van der Waals surface area contributed by atoms with Crippen LogP contribution < -0.4 is 4.74 Å². The normalized spacial score (nSPS) is 20.6. The van der Waals surface area contributed by atoms with Crippen LogP contribution in [-0.4, -0.2) is 28.4 Å². The van der Waals surface area contributed by atoms with E-state index in [-0.39, 0.29) is 34.7 Å². The second-order valence-corrected chi connectivity index (χ2v) is 12.9. The monoisotopic (exact) mass is 548 g/mol. The number of ether oxygens (including phenoxy) is 1. The summed E-state index contributed by atoms with van der Waals surface area (Å²) in [5.41, 5.74) is 4.09. The molecule has 2 aliphatic carbocycles. The van der Waals surface area contributed by atoms with Crippen LogP contribution in [0.3, 0.4) is 0 Å². The van der Waals surface area contributed by atoms with Crippen LogP contribution in [-0.2, 0) is 16.2 Å². The largest absolute Gasteiger partial charge is 0.489 e. The molecule has 0 fully saturated rings. The first-order valence-corrected chi connectivity index (χ1v) is 13.6. The molecule has 0 amide bonds. The lowest BCUT2D eigenvalue weighted by molar-refractivity contribution is -0.384. The zero-order valence-corrected chi connectivity index (χ0v) is 23.7. The molecule has 7 nitrogen and oxygen atoms in total. The molecule has 39 heavy (non-hydrogen) atoms. The van der Waals surface area contributed by atoms with Gasteiger partial charge in [-0.1, -0.05) is 51.4 Å². The Hall–Kier alpha value is -3.45. The highest BCUT2D eigenvalue weighted by Crippen LogP contribution is 2.55. The highest BCUT2D eigenvalue weighted by atomic mass is 35.5. The zero-order chi connectivity index (χ0) is 28.3. The number of allylic oxidation sites excluding steroid dienone is 4. The van der Waals surface area contributed by atoms with E-state index in [1.54, 1.807) is 30.3 Å². The Balaban J connectivity index is 1.65. The minimum atomic E-state index is -0.586. The average molecular weight is 549 g/mol. The summed E-state index contributed by atoms with van der Waals surface area (Å²) in [4.78, 5) is 40.5. The van der Waals surface area contributed by atoms with Crippen LogP contribution in [0.5, 0.6) is 5.75 Å². The maximum atomic E-state index is 13.8. The number of nitro benzene ring substituents is 1. The third kappa shape index (κ3) is 5.12. The van der Waals surface area contributed by atoms with Gasteiger partial charge in [0.05, 0.1) is 4.92 Å². The Kier molecular flexibility index (Phi) is 6.70. The minimum Gasteiger partial charge on any atom is -0.489 e. The quantitative estimate of drug-likeness (QED) is 0.291. The number of nitrogens with zero attached hydrogens (tertiary/aromatic N) is 2. The van der Waals surface area contributed by atoms with Gasteiger partial charge in [-0.2, -0.15) is 0 Å². The van der Waals surface area contributed by atoms with Gasteiger partial charge in [0, 0.05) is 71.1 Å². The van der Waals surface area contributed by atoms with E-state index in [0.717, 1.165) is 24.2 Å². The predicted octanol–water partition coefficient (Wildman–Crippen LogP) is 7.14. The van der Waals surface area contributed by atoms with Crippen LogP contribution >= 0.6 is 11.6 Å². The van der Waals surface area contributed by atoms with Crippen molar-refractivity contribution >= 4 is 28.9 Å². The number of hydrogen-bond donors (Lipinski definition) is 0. The third-order valence-corrected chi connectivity index (χ3v) is 8.21. The van der Waals surface area contributed by atoms with Crippen molar-refractivity contribution in [2.75, 3.05) is 7.05 Å². The van der Waals surface area contributed by atoms with Gasteiger partial charge in [-0.15, -0.1) is 0 Å². The summed E-state index contributed by atoms with van der Waals surface area (Å²) < 4.78 is 6.24. The number of carbonyl (C=O) groups is 2. The van der Waals surface area contributed by atoms with Crippen molar-refractivity contribution in [1.29, 1.82) is 0 Å². The van der Waals surface area contributed by atoms with Crippen LogP contribution in [0.4, 0.5) is 5.69 Å². The van der Waals surface area contributed by atoms with Crippen molar-refractivity contribution in [3.8, 4) is 5.75 Å². The molecule has 0 bridgehead atoms. The van der Waals surface area contributed by atoms with Crippen molar-refractivity contribution in [3.63, 3.8) is 0 Å². The van der Waals surface area contributed by atoms with E-state index >= 15 is 0 Å². The fourth-order valence-electron chi connectivity index (χ4n) is 6.27. The Morgan fingerprint density at radius 2 is 1.54 bits per heavy atom. The molecule has 0 saturated carbocycles. The Morgan fingerprint density at radius 3 is 2.10 bits per heavy atom. The lowest BCUT2D eigenvalue weighted by Crippen LogP contribution is -2.43. The van der Waals surface area contributed by atoms with E-state index in [0.29, 0.717) is 45.9 Å². The van der Waals surface area contributed by atoms with Gasteiger partial charge in [-0.05, 0) is 47.4 Å². The van der Waals surface area contributed by atoms with E-state index < -0.39 is 10.8 Å². The smallest absolute Gasteiger partial charge is 0.269 e. The maximum absolute atomic E-state index is 13.8. The summed E-state index contributed by atoms with van der Waals surface area (Å²) >= 11 is 6.51. The Bertz CT molecular complexity index is 1420. The number of rotatable bonds is 5. The van der Waals surface area contributed by atoms with Gasteiger partial charge in [-0.25, -0.2) is 0 Å². The molecule has 2 aromatic rings. The number of hydrogen-bond acceptors (Lipinski definition) is 6. The van der Waals surface area contributed by atoms with E-state index in [2.05, 4.69) is 32.6 Å². The second kappa shape index (κ2) is 9.63. The van der Waals surface area contributed by atoms with Gasteiger partial charge in [0.2, 0.25) is 0 Å². The fourth-order valence-corrected chi connectivity index (χ4v) is 6.45. The number of carbonyl (C=O) groups excluding carboxylic acids is 2. The van der Waals surface area contributed by atoms with Crippen LogP contribution in [0.15, 0.2) is 65.0 Å². The summed E-state index contributed by atoms with van der Waals surface area (Å²) in [5, 5.41) is 11.7. The molecular formula is C31H33ClN2O5. The fraction of sp³-hybridized carbons (Fsp3) is 0.419. The molecule has 5 rings (SSSR count). The molecule has 0 radical (unpaired) electrons. The molecule has 8 heteroatoms. The average Bonchev–Trinajstić information content (AvgIpc) is 2.83. The van der Waals surface area contributed by atoms with E-state index in [1.807, 2.05) is 7.05 Å². The number of ketones is 2. The van der Waals surface area contributed by atoms with E-state index in [9.17, 15) is 19.7 Å². The molecule has 0 saturated heterocycles. The molecule has 0 N–H and O–H groups in total.